The molecule has 1 atom stereocenters. The highest BCUT2D eigenvalue weighted by atomic mass is 16.1. The van der Waals surface area contributed by atoms with Crippen LogP contribution < -0.4 is 11.1 Å². The summed E-state index contributed by atoms with van der Waals surface area (Å²) in [7, 11) is 0. The summed E-state index contributed by atoms with van der Waals surface area (Å²) in [4.78, 5) is 16.2. The molecule has 0 aliphatic rings. The fraction of sp³-hybridized carbons (Fsp3) is 0.538. The summed E-state index contributed by atoms with van der Waals surface area (Å²) < 4.78 is 0. The number of rotatable bonds is 5. The van der Waals surface area contributed by atoms with Crippen LogP contribution in [0.2, 0.25) is 0 Å². The smallest absolute Gasteiger partial charge is 0.270 e. The monoisotopic (exact) mass is 235 g/mol. The minimum atomic E-state index is -0.124. The van der Waals surface area contributed by atoms with Crippen molar-refractivity contribution in [1.82, 2.24) is 10.3 Å². The number of carbonyl (C=O) groups is 1. The molecule has 0 aromatic carbocycles. The van der Waals surface area contributed by atoms with Crippen LogP contribution in [0, 0.1) is 12.8 Å². The standard InChI is InChI=1S/C13H21N3O/c1-9(2)11(7-8-14)16-13(17)12-6-4-5-10(3)15-12/h4-6,9,11H,7-8,14H2,1-3H3,(H,16,17). The van der Waals surface area contributed by atoms with E-state index in [4.69, 9.17) is 5.73 Å². The third-order valence-corrected chi connectivity index (χ3v) is 2.72. The molecular weight excluding hydrogens is 214 g/mol. The Morgan fingerprint density at radius 3 is 2.71 bits per heavy atom. The van der Waals surface area contributed by atoms with Gasteiger partial charge >= 0.3 is 0 Å². The lowest BCUT2D eigenvalue weighted by Gasteiger charge is -2.21. The van der Waals surface area contributed by atoms with Crippen molar-refractivity contribution in [1.29, 1.82) is 0 Å². The van der Waals surface area contributed by atoms with E-state index in [0.29, 0.717) is 18.2 Å². The maximum Gasteiger partial charge on any atom is 0.270 e. The molecular formula is C13H21N3O. The van der Waals surface area contributed by atoms with E-state index >= 15 is 0 Å². The third-order valence-electron chi connectivity index (χ3n) is 2.72. The molecule has 4 heteroatoms. The van der Waals surface area contributed by atoms with Crippen LogP contribution in [0.4, 0.5) is 0 Å². The maximum absolute atomic E-state index is 12.0. The molecule has 0 bridgehead atoms. The fourth-order valence-corrected chi connectivity index (χ4v) is 1.66. The first-order valence-corrected chi connectivity index (χ1v) is 5.99. The molecule has 1 heterocycles. The van der Waals surface area contributed by atoms with Gasteiger partial charge in [-0.2, -0.15) is 0 Å². The number of pyridine rings is 1. The molecule has 1 rings (SSSR count). The first kappa shape index (κ1) is 13.6. The first-order chi connectivity index (χ1) is 8.04. The van der Waals surface area contributed by atoms with E-state index in [1.165, 1.54) is 0 Å². The Morgan fingerprint density at radius 1 is 1.47 bits per heavy atom. The Hall–Kier alpha value is -1.42. The van der Waals surface area contributed by atoms with Crippen LogP contribution in [0.5, 0.6) is 0 Å². The number of aromatic nitrogens is 1. The van der Waals surface area contributed by atoms with Crippen molar-refractivity contribution in [3.05, 3.63) is 29.6 Å². The maximum atomic E-state index is 12.0. The molecule has 1 aromatic heterocycles. The van der Waals surface area contributed by atoms with Crippen molar-refractivity contribution >= 4 is 5.91 Å². The van der Waals surface area contributed by atoms with Crippen molar-refractivity contribution in [3.63, 3.8) is 0 Å². The molecule has 1 amide bonds. The van der Waals surface area contributed by atoms with Gasteiger partial charge in [-0.15, -0.1) is 0 Å². The van der Waals surface area contributed by atoms with Gasteiger partial charge in [-0.1, -0.05) is 19.9 Å². The molecule has 0 radical (unpaired) electrons. The molecule has 0 aliphatic carbocycles. The van der Waals surface area contributed by atoms with Gasteiger partial charge in [-0.3, -0.25) is 4.79 Å². The molecule has 94 valence electrons. The van der Waals surface area contributed by atoms with Gasteiger partial charge in [0.25, 0.3) is 5.91 Å². The third kappa shape index (κ3) is 4.15. The van der Waals surface area contributed by atoms with Crippen molar-refractivity contribution in [2.75, 3.05) is 6.54 Å². The second kappa shape index (κ2) is 6.35. The predicted molar refractivity (Wildman–Crippen MR) is 68.7 cm³/mol. The van der Waals surface area contributed by atoms with E-state index in [2.05, 4.69) is 24.1 Å². The lowest BCUT2D eigenvalue weighted by molar-refractivity contribution is 0.0918. The fourth-order valence-electron chi connectivity index (χ4n) is 1.66. The van der Waals surface area contributed by atoms with E-state index in [-0.39, 0.29) is 11.9 Å². The van der Waals surface area contributed by atoms with Gasteiger partial charge in [0.2, 0.25) is 0 Å². The first-order valence-electron chi connectivity index (χ1n) is 5.99. The molecule has 17 heavy (non-hydrogen) atoms. The summed E-state index contributed by atoms with van der Waals surface area (Å²) in [6, 6.07) is 5.54. The minimum Gasteiger partial charge on any atom is -0.348 e. The van der Waals surface area contributed by atoms with E-state index < -0.39 is 0 Å². The van der Waals surface area contributed by atoms with Crippen LogP contribution in [-0.2, 0) is 0 Å². The number of nitrogens with one attached hydrogen (secondary N) is 1. The summed E-state index contributed by atoms with van der Waals surface area (Å²) in [5.74, 6) is 0.244. The summed E-state index contributed by atoms with van der Waals surface area (Å²) >= 11 is 0. The van der Waals surface area contributed by atoms with E-state index in [1.54, 1.807) is 6.07 Å². The second-order valence-electron chi connectivity index (χ2n) is 4.57. The Bertz CT molecular complexity index is 377. The number of carbonyl (C=O) groups excluding carboxylic acids is 1. The van der Waals surface area contributed by atoms with Crippen LogP contribution in [0.1, 0.15) is 36.5 Å². The van der Waals surface area contributed by atoms with Crippen LogP contribution in [0.3, 0.4) is 0 Å². The number of nitrogens with zero attached hydrogens (tertiary/aromatic N) is 1. The number of hydrogen-bond acceptors (Lipinski definition) is 3. The highest BCUT2D eigenvalue weighted by molar-refractivity contribution is 5.92. The zero-order valence-electron chi connectivity index (χ0n) is 10.7. The van der Waals surface area contributed by atoms with Gasteiger partial charge in [0.15, 0.2) is 0 Å². The van der Waals surface area contributed by atoms with Crippen LogP contribution in [0.15, 0.2) is 18.2 Å². The average molecular weight is 235 g/mol. The van der Waals surface area contributed by atoms with E-state index in [1.807, 2.05) is 19.1 Å². The topological polar surface area (TPSA) is 68.0 Å². The lowest BCUT2D eigenvalue weighted by Crippen LogP contribution is -2.40. The molecule has 0 fully saturated rings. The molecule has 1 unspecified atom stereocenters. The SMILES string of the molecule is Cc1cccc(C(=O)NC(CCN)C(C)C)n1. The Balaban J connectivity index is 2.70. The average Bonchev–Trinajstić information content (AvgIpc) is 2.28. The number of aryl methyl sites for hydroxylation is 1. The lowest BCUT2D eigenvalue weighted by atomic mass is 10.0. The normalized spacial score (nSPS) is 12.5. The van der Waals surface area contributed by atoms with Gasteiger partial charge in [0.05, 0.1) is 0 Å². The molecule has 4 nitrogen and oxygen atoms in total. The Labute approximate surface area is 103 Å². The number of nitrogens with two attached hydrogens (primary N) is 1. The highest BCUT2D eigenvalue weighted by Gasteiger charge is 2.16. The zero-order valence-corrected chi connectivity index (χ0v) is 10.7. The van der Waals surface area contributed by atoms with Crippen molar-refractivity contribution in [2.45, 2.75) is 33.2 Å². The Morgan fingerprint density at radius 2 is 2.18 bits per heavy atom. The molecule has 3 N–H and O–H groups in total. The quantitative estimate of drug-likeness (QED) is 0.812. The van der Waals surface area contributed by atoms with Gasteiger partial charge in [-0.05, 0) is 37.9 Å². The molecule has 0 spiro atoms. The summed E-state index contributed by atoms with van der Waals surface area (Å²) in [5, 5.41) is 2.98. The second-order valence-corrected chi connectivity index (χ2v) is 4.57. The van der Waals surface area contributed by atoms with Crippen LogP contribution in [-0.4, -0.2) is 23.5 Å². The van der Waals surface area contributed by atoms with Gasteiger partial charge in [-0.25, -0.2) is 4.98 Å². The number of hydrogen-bond donors (Lipinski definition) is 2. The van der Waals surface area contributed by atoms with Crippen molar-refractivity contribution < 1.29 is 4.79 Å². The van der Waals surface area contributed by atoms with Crippen molar-refractivity contribution in [3.8, 4) is 0 Å². The summed E-state index contributed by atoms with van der Waals surface area (Å²) in [6.45, 7) is 6.59. The minimum absolute atomic E-state index is 0.106. The van der Waals surface area contributed by atoms with Gasteiger partial charge in [0, 0.05) is 11.7 Å². The molecule has 0 aliphatic heterocycles. The van der Waals surface area contributed by atoms with Crippen LogP contribution >= 0.6 is 0 Å². The van der Waals surface area contributed by atoms with E-state index in [9.17, 15) is 4.79 Å². The summed E-state index contributed by atoms with van der Waals surface area (Å²) in [6.07, 6.45) is 0.787. The van der Waals surface area contributed by atoms with Crippen molar-refractivity contribution in [2.24, 2.45) is 11.7 Å². The zero-order chi connectivity index (χ0) is 12.8. The van der Waals surface area contributed by atoms with E-state index in [0.717, 1.165) is 12.1 Å². The van der Waals surface area contributed by atoms with Gasteiger partial charge < -0.3 is 11.1 Å². The summed E-state index contributed by atoms with van der Waals surface area (Å²) in [5.41, 5.74) is 6.85. The predicted octanol–water partition coefficient (Wildman–Crippen LogP) is 1.49. The highest BCUT2D eigenvalue weighted by Crippen LogP contribution is 2.07. The molecule has 1 aromatic rings. The number of amides is 1. The van der Waals surface area contributed by atoms with Crippen LogP contribution in [0.25, 0.3) is 0 Å². The Kier molecular flexibility index (Phi) is 5.10. The molecule has 0 saturated heterocycles. The largest absolute Gasteiger partial charge is 0.348 e. The molecule has 0 saturated carbocycles. The van der Waals surface area contributed by atoms with Gasteiger partial charge in [0.1, 0.15) is 5.69 Å².